The van der Waals surface area contributed by atoms with Crippen molar-refractivity contribution in [3.05, 3.63) is 99.6 Å². The number of nitrogens with zero attached hydrogens (tertiary/aromatic N) is 1. The maximum Gasteiger partial charge on any atom is 0.274 e. The Morgan fingerprint density at radius 1 is 0.829 bits per heavy atom. The molecule has 0 heterocycles. The van der Waals surface area contributed by atoms with Gasteiger partial charge in [-0.25, -0.2) is 40.2 Å². The Bertz CT molecular complexity index is 1370. The summed E-state index contributed by atoms with van der Waals surface area (Å²) in [5.41, 5.74) is 1.76. The molecule has 0 aliphatic carbocycles. The molecule has 0 unspecified atom stereocenters. The van der Waals surface area contributed by atoms with Crippen LogP contribution in [0, 0.1) is 41.8 Å². The van der Waals surface area contributed by atoms with E-state index < -0.39 is 68.8 Å². The van der Waals surface area contributed by atoms with Gasteiger partial charge in [0.15, 0.2) is 28.2 Å². The van der Waals surface area contributed by atoms with Crippen LogP contribution in [0.4, 0.5) is 26.3 Å². The maximum absolute atomic E-state index is 14.4. The van der Waals surface area contributed by atoms with Crippen LogP contribution < -0.4 is 5.48 Å². The lowest BCUT2D eigenvalue weighted by Crippen LogP contribution is -2.32. The Labute approximate surface area is 195 Å². The Kier molecular flexibility index (Phi) is 7.53. The van der Waals surface area contributed by atoms with Crippen molar-refractivity contribution in [2.24, 2.45) is 0 Å². The van der Waals surface area contributed by atoms with Gasteiger partial charge in [0.1, 0.15) is 5.82 Å². The van der Waals surface area contributed by atoms with E-state index in [1.54, 1.807) is 0 Å². The molecule has 2 N–H and O–H groups in total. The molecule has 0 spiro atoms. The van der Waals surface area contributed by atoms with E-state index in [2.05, 4.69) is 0 Å². The van der Waals surface area contributed by atoms with Crippen molar-refractivity contribution in [1.82, 2.24) is 9.79 Å². The lowest BCUT2D eigenvalue weighted by Gasteiger charge is -2.23. The standard InChI is InChI=1S/C22H16F6N2O4S/c1-11-2-3-13(8-15(11)23)10-30(9-12-4-6-14(7-5-12)22(31)29-32)35(33,34)21-19(27)17(25)16(24)18(26)20(21)28/h2-8,32H,9-10H2,1H3,(H,29,31). The number of amides is 1. The van der Waals surface area contributed by atoms with Crippen LogP contribution in [0.3, 0.4) is 0 Å². The number of hydrogen-bond donors (Lipinski definition) is 2. The molecule has 0 aliphatic rings. The number of rotatable bonds is 7. The van der Waals surface area contributed by atoms with E-state index in [1.165, 1.54) is 48.8 Å². The zero-order chi connectivity index (χ0) is 26.1. The van der Waals surface area contributed by atoms with Crippen LogP contribution in [0.2, 0.25) is 0 Å². The molecule has 3 aromatic rings. The van der Waals surface area contributed by atoms with Gasteiger partial charge in [-0.2, -0.15) is 4.31 Å². The number of nitrogens with one attached hydrogen (secondary N) is 1. The lowest BCUT2D eigenvalue weighted by molar-refractivity contribution is 0.0706. The van der Waals surface area contributed by atoms with Gasteiger partial charge in [-0.3, -0.25) is 10.0 Å². The summed E-state index contributed by atoms with van der Waals surface area (Å²) in [7, 11) is -5.38. The van der Waals surface area contributed by atoms with E-state index in [0.717, 1.165) is 6.07 Å². The summed E-state index contributed by atoms with van der Waals surface area (Å²) < 4.78 is 110. The first-order chi connectivity index (χ1) is 16.4. The van der Waals surface area contributed by atoms with E-state index >= 15 is 0 Å². The average Bonchev–Trinajstić information content (AvgIpc) is 2.83. The van der Waals surface area contributed by atoms with Crippen molar-refractivity contribution >= 4 is 15.9 Å². The largest absolute Gasteiger partial charge is 0.288 e. The first-order valence-corrected chi connectivity index (χ1v) is 11.1. The van der Waals surface area contributed by atoms with E-state index in [-0.39, 0.29) is 22.3 Å². The van der Waals surface area contributed by atoms with Gasteiger partial charge in [0.2, 0.25) is 15.8 Å². The molecule has 0 saturated carbocycles. The fraction of sp³-hybridized carbons (Fsp3) is 0.136. The molecule has 35 heavy (non-hydrogen) atoms. The fourth-order valence-corrected chi connectivity index (χ4v) is 4.66. The zero-order valence-corrected chi connectivity index (χ0v) is 18.6. The highest BCUT2D eigenvalue weighted by atomic mass is 32.2. The molecular weight excluding hydrogens is 502 g/mol. The average molecular weight is 518 g/mol. The number of carbonyl (C=O) groups excluding carboxylic acids is 1. The van der Waals surface area contributed by atoms with E-state index in [9.17, 15) is 39.6 Å². The topological polar surface area (TPSA) is 86.7 Å². The summed E-state index contributed by atoms with van der Waals surface area (Å²) in [6, 6.07) is 8.46. The van der Waals surface area contributed by atoms with Gasteiger partial charge >= 0.3 is 0 Å². The van der Waals surface area contributed by atoms with Gasteiger partial charge in [0, 0.05) is 18.7 Å². The van der Waals surface area contributed by atoms with Gasteiger partial charge in [0.25, 0.3) is 5.91 Å². The quantitative estimate of drug-likeness (QED) is 0.160. The summed E-state index contributed by atoms with van der Waals surface area (Å²) in [5.74, 6) is -14.1. The van der Waals surface area contributed by atoms with Crippen molar-refractivity contribution < 1.29 is 44.8 Å². The van der Waals surface area contributed by atoms with Crippen LogP contribution in [0.5, 0.6) is 0 Å². The van der Waals surface area contributed by atoms with E-state index in [4.69, 9.17) is 5.21 Å². The first-order valence-electron chi connectivity index (χ1n) is 9.68. The SMILES string of the molecule is Cc1ccc(CN(Cc2ccc(C(=O)NO)cc2)S(=O)(=O)c2c(F)c(F)c(F)c(F)c2F)cc1F. The molecule has 1 amide bonds. The highest BCUT2D eigenvalue weighted by molar-refractivity contribution is 7.89. The Morgan fingerprint density at radius 2 is 1.31 bits per heavy atom. The molecule has 0 fully saturated rings. The van der Waals surface area contributed by atoms with Gasteiger partial charge in [0.05, 0.1) is 0 Å². The second-order valence-electron chi connectivity index (χ2n) is 7.39. The van der Waals surface area contributed by atoms with E-state index in [1.807, 2.05) is 0 Å². The fourth-order valence-electron chi connectivity index (χ4n) is 3.13. The van der Waals surface area contributed by atoms with E-state index in [0.29, 0.717) is 4.31 Å². The van der Waals surface area contributed by atoms with Crippen molar-refractivity contribution in [3.63, 3.8) is 0 Å². The second-order valence-corrected chi connectivity index (χ2v) is 9.27. The number of sulfonamides is 1. The second kappa shape index (κ2) is 10.1. The van der Waals surface area contributed by atoms with Crippen LogP contribution in [-0.4, -0.2) is 23.8 Å². The summed E-state index contributed by atoms with van der Waals surface area (Å²) in [5, 5.41) is 8.68. The maximum atomic E-state index is 14.4. The minimum Gasteiger partial charge on any atom is -0.288 e. The minimum atomic E-state index is -5.38. The van der Waals surface area contributed by atoms with Gasteiger partial charge in [-0.15, -0.1) is 0 Å². The third-order valence-electron chi connectivity index (χ3n) is 5.04. The first kappa shape index (κ1) is 26.2. The third-order valence-corrected chi connectivity index (χ3v) is 6.85. The highest BCUT2D eigenvalue weighted by Crippen LogP contribution is 2.31. The van der Waals surface area contributed by atoms with Crippen molar-refractivity contribution in [1.29, 1.82) is 0 Å². The third kappa shape index (κ3) is 5.16. The molecule has 0 aromatic heterocycles. The van der Waals surface area contributed by atoms with Gasteiger partial charge < -0.3 is 0 Å². The van der Waals surface area contributed by atoms with Crippen LogP contribution in [-0.2, 0) is 23.1 Å². The molecule has 3 aromatic carbocycles. The van der Waals surface area contributed by atoms with Gasteiger partial charge in [-0.1, -0.05) is 24.3 Å². The molecule has 0 atom stereocenters. The van der Waals surface area contributed by atoms with Crippen LogP contribution in [0.15, 0.2) is 47.4 Å². The minimum absolute atomic E-state index is 0.0222. The summed E-state index contributed by atoms with van der Waals surface area (Å²) >= 11 is 0. The van der Waals surface area contributed by atoms with Crippen molar-refractivity contribution in [2.75, 3.05) is 0 Å². The van der Waals surface area contributed by atoms with Gasteiger partial charge in [-0.05, 0) is 41.8 Å². The summed E-state index contributed by atoms with van der Waals surface area (Å²) in [4.78, 5) is 9.41. The number of hydrogen-bond acceptors (Lipinski definition) is 4. The summed E-state index contributed by atoms with van der Waals surface area (Å²) in [6.07, 6.45) is 0. The molecule has 6 nitrogen and oxygen atoms in total. The molecule has 0 radical (unpaired) electrons. The number of aryl methyl sites for hydroxylation is 1. The Hall–Kier alpha value is -3.42. The van der Waals surface area contributed by atoms with Crippen LogP contribution in [0.25, 0.3) is 0 Å². The predicted octanol–water partition coefficient (Wildman–Crippen LogP) is 4.34. The number of hydroxylamine groups is 1. The molecule has 0 saturated heterocycles. The van der Waals surface area contributed by atoms with Crippen LogP contribution in [0.1, 0.15) is 27.0 Å². The lowest BCUT2D eigenvalue weighted by atomic mass is 10.1. The number of benzene rings is 3. The zero-order valence-electron chi connectivity index (χ0n) is 17.8. The monoisotopic (exact) mass is 518 g/mol. The Morgan fingerprint density at radius 3 is 1.83 bits per heavy atom. The van der Waals surface area contributed by atoms with Crippen molar-refractivity contribution in [2.45, 2.75) is 24.9 Å². The molecule has 0 bridgehead atoms. The number of halogens is 6. The Balaban J connectivity index is 2.12. The molecule has 0 aliphatic heterocycles. The van der Waals surface area contributed by atoms with Crippen LogP contribution >= 0.6 is 0 Å². The molecule has 3 rings (SSSR count). The smallest absolute Gasteiger partial charge is 0.274 e. The highest BCUT2D eigenvalue weighted by Gasteiger charge is 2.37. The summed E-state index contributed by atoms with van der Waals surface area (Å²) in [6.45, 7) is 0.0861. The number of carbonyl (C=O) groups is 1. The molecule has 186 valence electrons. The molecule has 13 heteroatoms. The van der Waals surface area contributed by atoms with Crippen molar-refractivity contribution in [3.8, 4) is 0 Å². The predicted molar refractivity (Wildman–Crippen MR) is 109 cm³/mol. The normalized spacial score (nSPS) is 11.7. The molecular formula is C22H16F6N2O4S.